The van der Waals surface area contributed by atoms with Crippen LogP contribution in [-0.2, 0) is 10.3 Å². The molecule has 1 aromatic rings. The molecule has 1 heterocycles. The second-order valence-corrected chi connectivity index (χ2v) is 4.78. The van der Waals surface area contributed by atoms with Crippen LogP contribution in [0.25, 0.3) is 0 Å². The fraction of sp³-hybridized carbons (Fsp3) is 0.455. The van der Waals surface area contributed by atoms with Crippen molar-refractivity contribution < 1.29 is 4.79 Å². The topological polar surface area (TPSA) is 42.0 Å². The summed E-state index contributed by atoms with van der Waals surface area (Å²) in [7, 11) is 0. The van der Waals surface area contributed by atoms with Crippen molar-refractivity contribution in [2.45, 2.75) is 31.7 Å². The van der Waals surface area contributed by atoms with Gasteiger partial charge in [0.15, 0.2) is 0 Å². The highest BCUT2D eigenvalue weighted by Gasteiger charge is 2.42. The predicted molar refractivity (Wildman–Crippen MR) is 60.7 cm³/mol. The molecule has 1 saturated carbocycles. The first-order valence-corrected chi connectivity index (χ1v) is 5.91. The number of nitrogens with one attached hydrogen (secondary N) is 1. The fourth-order valence-corrected chi connectivity index (χ4v) is 2.80. The summed E-state index contributed by atoms with van der Waals surface area (Å²) >= 11 is 1.62. The quantitative estimate of drug-likeness (QED) is 0.796. The van der Waals surface area contributed by atoms with E-state index in [1.54, 1.807) is 11.3 Å². The highest BCUT2D eigenvalue weighted by molar-refractivity contribution is 7.09. The van der Waals surface area contributed by atoms with Crippen LogP contribution in [0.4, 0.5) is 0 Å². The molecule has 2 rings (SSSR count). The number of amides is 1. The lowest BCUT2D eigenvalue weighted by Gasteiger charge is -2.40. The molecule has 1 aliphatic carbocycles. The monoisotopic (exact) mass is 222 g/mol. The number of nitrogens with zero attached hydrogens (tertiary/aromatic N) is 1. The van der Waals surface area contributed by atoms with Crippen LogP contribution in [0.15, 0.2) is 18.0 Å². The van der Waals surface area contributed by atoms with Crippen molar-refractivity contribution in [2.24, 2.45) is 0 Å². The molecule has 0 radical (unpaired) electrons. The van der Waals surface area contributed by atoms with Gasteiger partial charge in [0.1, 0.15) is 5.01 Å². The van der Waals surface area contributed by atoms with Crippen LogP contribution in [0.1, 0.15) is 30.0 Å². The lowest BCUT2D eigenvalue weighted by Crippen LogP contribution is -2.50. The lowest BCUT2D eigenvalue weighted by molar-refractivity contribution is -0.119. The zero-order valence-corrected chi connectivity index (χ0v) is 9.56. The summed E-state index contributed by atoms with van der Waals surface area (Å²) in [6.45, 7) is 5.45. The van der Waals surface area contributed by atoms with Crippen molar-refractivity contribution in [2.75, 3.05) is 0 Å². The summed E-state index contributed by atoms with van der Waals surface area (Å²) in [5.41, 5.74) is 0.818. The Morgan fingerprint density at radius 1 is 1.73 bits per heavy atom. The van der Waals surface area contributed by atoms with Gasteiger partial charge in [-0.2, -0.15) is 0 Å². The van der Waals surface area contributed by atoms with Crippen molar-refractivity contribution >= 4 is 17.2 Å². The van der Waals surface area contributed by atoms with Gasteiger partial charge in [-0.3, -0.25) is 4.79 Å². The zero-order chi connectivity index (χ0) is 10.9. The number of thiazole rings is 1. The van der Waals surface area contributed by atoms with E-state index in [1.165, 1.54) is 6.08 Å². The van der Waals surface area contributed by atoms with Gasteiger partial charge in [-0.05, 0) is 32.3 Å². The van der Waals surface area contributed by atoms with Gasteiger partial charge in [0, 0.05) is 11.1 Å². The Hall–Kier alpha value is -1.16. The number of aryl methyl sites for hydroxylation is 1. The van der Waals surface area contributed by atoms with Gasteiger partial charge >= 0.3 is 0 Å². The summed E-state index contributed by atoms with van der Waals surface area (Å²) in [5, 5.41) is 6.05. The van der Waals surface area contributed by atoms with Crippen LogP contribution in [0.2, 0.25) is 0 Å². The van der Waals surface area contributed by atoms with Crippen LogP contribution in [0.5, 0.6) is 0 Å². The molecule has 15 heavy (non-hydrogen) atoms. The van der Waals surface area contributed by atoms with Crippen molar-refractivity contribution in [3.63, 3.8) is 0 Å². The van der Waals surface area contributed by atoms with E-state index in [0.29, 0.717) is 0 Å². The second kappa shape index (κ2) is 3.77. The Labute approximate surface area is 93.2 Å². The molecule has 1 amide bonds. The Kier molecular flexibility index (Phi) is 2.61. The number of hydrogen-bond donors (Lipinski definition) is 1. The highest BCUT2D eigenvalue weighted by atomic mass is 32.1. The molecule has 1 aromatic heterocycles. The summed E-state index contributed by atoms with van der Waals surface area (Å²) < 4.78 is 0. The van der Waals surface area contributed by atoms with E-state index in [-0.39, 0.29) is 11.4 Å². The smallest absolute Gasteiger partial charge is 0.244 e. The number of rotatable bonds is 3. The Bertz CT molecular complexity index is 393. The molecule has 0 saturated heterocycles. The maximum Gasteiger partial charge on any atom is 0.244 e. The van der Waals surface area contributed by atoms with E-state index in [9.17, 15) is 4.79 Å². The SMILES string of the molecule is C=CC(=O)NC1(c2nc(C)cs2)CCC1. The molecule has 0 unspecified atom stereocenters. The molecule has 1 aliphatic rings. The van der Waals surface area contributed by atoms with Crippen LogP contribution < -0.4 is 5.32 Å². The third-order valence-corrected chi connectivity index (χ3v) is 3.95. The molecule has 0 aromatic carbocycles. The predicted octanol–water partition coefficient (Wildman–Crippen LogP) is 2.13. The van der Waals surface area contributed by atoms with Gasteiger partial charge in [0.2, 0.25) is 5.91 Å². The van der Waals surface area contributed by atoms with Crippen LogP contribution in [-0.4, -0.2) is 10.9 Å². The van der Waals surface area contributed by atoms with Gasteiger partial charge < -0.3 is 5.32 Å². The first kappa shape index (κ1) is 10.4. The fourth-order valence-electron chi connectivity index (χ4n) is 1.78. The van der Waals surface area contributed by atoms with E-state index in [0.717, 1.165) is 30.0 Å². The Morgan fingerprint density at radius 3 is 2.87 bits per heavy atom. The first-order valence-electron chi connectivity index (χ1n) is 5.03. The number of aromatic nitrogens is 1. The average Bonchev–Trinajstić information content (AvgIpc) is 2.58. The van der Waals surface area contributed by atoms with Gasteiger partial charge in [0.25, 0.3) is 0 Å². The van der Waals surface area contributed by atoms with Crippen LogP contribution in [0.3, 0.4) is 0 Å². The first-order chi connectivity index (χ1) is 7.16. The molecule has 0 atom stereocenters. The van der Waals surface area contributed by atoms with Crippen molar-refractivity contribution in [1.29, 1.82) is 0 Å². The minimum atomic E-state index is -0.204. The van der Waals surface area contributed by atoms with E-state index in [1.807, 2.05) is 12.3 Å². The summed E-state index contributed by atoms with van der Waals surface area (Å²) in [5.74, 6) is -0.109. The highest BCUT2D eigenvalue weighted by Crippen LogP contribution is 2.42. The van der Waals surface area contributed by atoms with E-state index >= 15 is 0 Å². The number of hydrogen-bond acceptors (Lipinski definition) is 3. The van der Waals surface area contributed by atoms with Crippen LogP contribution in [0, 0.1) is 6.92 Å². The van der Waals surface area contributed by atoms with Crippen molar-refractivity contribution in [1.82, 2.24) is 10.3 Å². The molecule has 0 aliphatic heterocycles. The maximum atomic E-state index is 11.3. The van der Waals surface area contributed by atoms with Gasteiger partial charge in [0.05, 0.1) is 5.54 Å². The van der Waals surface area contributed by atoms with Gasteiger partial charge in [-0.15, -0.1) is 11.3 Å². The number of carbonyl (C=O) groups is 1. The van der Waals surface area contributed by atoms with Crippen LogP contribution >= 0.6 is 11.3 Å². The standard InChI is InChI=1S/C11H14N2OS/c1-3-9(14)13-11(5-4-6-11)10-12-8(2)7-15-10/h3,7H,1,4-6H2,2H3,(H,13,14). The van der Waals surface area contributed by atoms with Crippen molar-refractivity contribution in [3.05, 3.63) is 28.7 Å². The molecule has 0 spiro atoms. The van der Waals surface area contributed by atoms with E-state index in [4.69, 9.17) is 0 Å². The molecule has 4 heteroatoms. The number of carbonyl (C=O) groups excluding carboxylic acids is 1. The molecule has 0 bridgehead atoms. The zero-order valence-electron chi connectivity index (χ0n) is 8.75. The molecule has 3 nitrogen and oxygen atoms in total. The van der Waals surface area contributed by atoms with E-state index < -0.39 is 0 Å². The van der Waals surface area contributed by atoms with Crippen molar-refractivity contribution in [3.8, 4) is 0 Å². The molecular formula is C11H14N2OS. The summed E-state index contributed by atoms with van der Waals surface area (Å²) in [4.78, 5) is 15.8. The molecular weight excluding hydrogens is 208 g/mol. The van der Waals surface area contributed by atoms with Gasteiger partial charge in [-0.25, -0.2) is 4.98 Å². The Balaban J connectivity index is 2.21. The third kappa shape index (κ3) is 1.81. The molecule has 1 fully saturated rings. The average molecular weight is 222 g/mol. The summed E-state index contributed by atoms with van der Waals surface area (Å²) in [6.07, 6.45) is 4.44. The largest absolute Gasteiger partial charge is 0.341 e. The minimum absolute atomic E-state index is 0.109. The minimum Gasteiger partial charge on any atom is -0.341 e. The second-order valence-electron chi connectivity index (χ2n) is 3.92. The normalized spacial score (nSPS) is 17.9. The van der Waals surface area contributed by atoms with Gasteiger partial charge in [-0.1, -0.05) is 6.58 Å². The molecule has 80 valence electrons. The Morgan fingerprint density at radius 2 is 2.47 bits per heavy atom. The summed E-state index contributed by atoms with van der Waals surface area (Å²) in [6, 6.07) is 0. The van der Waals surface area contributed by atoms with E-state index in [2.05, 4.69) is 16.9 Å². The lowest BCUT2D eigenvalue weighted by atomic mass is 9.77. The third-order valence-electron chi connectivity index (χ3n) is 2.78. The maximum absolute atomic E-state index is 11.3. The molecule has 1 N–H and O–H groups in total.